The Morgan fingerprint density at radius 2 is 1.63 bits per heavy atom. The second-order valence-corrected chi connectivity index (χ2v) is 7.09. The van der Waals surface area contributed by atoms with Crippen LogP contribution < -0.4 is 9.47 Å². The third kappa shape index (κ3) is 2.62. The molecule has 0 aliphatic carbocycles. The van der Waals surface area contributed by atoms with Crippen LogP contribution in [0.3, 0.4) is 0 Å². The molecule has 0 radical (unpaired) electrons. The monoisotopic (exact) mass is 399 g/mol. The molecule has 0 N–H and O–H groups in total. The summed E-state index contributed by atoms with van der Waals surface area (Å²) >= 11 is 0. The van der Waals surface area contributed by atoms with Crippen LogP contribution in [0.1, 0.15) is 11.3 Å². The zero-order valence-electron chi connectivity index (χ0n) is 17.2. The van der Waals surface area contributed by atoms with E-state index < -0.39 is 0 Å². The van der Waals surface area contributed by atoms with E-state index in [-0.39, 0.29) is 0 Å². The van der Waals surface area contributed by atoms with Crippen LogP contribution in [0.4, 0.5) is 0 Å². The highest BCUT2D eigenvalue weighted by atomic mass is 16.5. The molecule has 0 bridgehead atoms. The summed E-state index contributed by atoms with van der Waals surface area (Å²) in [6.07, 6.45) is 1.71. The van der Waals surface area contributed by atoms with E-state index in [1.54, 1.807) is 25.1 Å². The average Bonchev–Trinajstić information content (AvgIpc) is 3.33. The number of hydrogen-bond donors (Lipinski definition) is 0. The molecule has 30 heavy (non-hydrogen) atoms. The normalized spacial score (nSPS) is 11.3. The molecule has 0 amide bonds. The van der Waals surface area contributed by atoms with Crippen molar-refractivity contribution in [2.24, 2.45) is 0 Å². The summed E-state index contributed by atoms with van der Waals surface area (Å²) in [6, 6.07) is 15.7. The summed E-state index contributed by atoms with van der Waals surface area (Å²) in [5, 5.41) is 5.62. The molecule has 0 aliphatic heterocycles. The summed E-state index contributed by atoms with van der Waals surface area (Å²) in [6.45, 7) is 4.17. The second kappa shape index (κ2) is 6.88. The molecular formula is C23H21N5O2. The van der Waals surface area contributed by atoms with E-state index in [4.69, 9.17) is 19.4 Å². The Balaban J connectivity index is 1.75. The van der Waals surface area contributed by atoms with E-state index in [2.05, 4.69) is 23.5 Å². The fourth-order valence-corrected chi connectivity index (χ4v) is 3.83. The van der Waals surface area contributed by atoms with Crippen molar-refractivity contribution in [2.45, 2.75) is 13.8 Å². The van der Waals surface area contributed by atoms with Gasteiger partial charge in [-0.25, -0.2) is 14.5 Å². The lowest BCUT2D eigenvalue weighted by molar-refractivity contribution is 0.413. The van der Waals surface area contributed by atoms with Crippen LogP contribution in [0.2, 0.25) is 0 Å². The van der Waals surface area contributed by atoms with E-state index in [0.717, 1.165) is 50.7 Å². The molecule has 7 nitrogen and oxygen atoms in total. The van der Waals surface area contributed by atoms with Crippen molar-refractivity contribution < 1.29 is 9.47 Å². The Labute approximate surface area is 173 Å². The Kier molecular flexibility index (Phi) is 4.17. The minimum absolute atomic E-state index is 0.647. The highest BCUT2D eigenvalue weighted by Crippen LogP contribution is 2.33. The molecule has 0 saturated heterocycles. The second-order valence-electron chi connectivity index (χ2n) is 7.09. The minimum Gasteiger partial charge on any atom is -0.497 e. The van der Waals surface area contributed by atoms with Gasteiger partial charge in [0.1, 0.15) is 17.8 Å². The summed E-state index contributed by atoms with van der Waals surface area (Å²) in [5.41, 5.74) is 5.68. The standard InChI is InChI=1S/C23H21N5O2/c1-14-15(2)28(18-7-5-6-8-19(18)30-4)22-20(14)23-25-21(26-27(23)13-24-22)16-9-11-17(29-3)12-10-16/h5-13H,1-4H3. The lowest BCUT2D eigenvalue weighted by Gasteiger charge is -2.12. The third-order valence-corrected chi connectivity index (χ3v) is 5.51. The van der Waals surface area contributed by atoms with Crippen LogP contribution in [0.25, 0.3) is 33.8 Å². The van der Waals surface area contributed by atoms with E-state index in [1.807, 2.05) is 48.5 Å². The molecule has 2 aromatic carbocycles. The number of hydrogen-bond acceptors (Lipinski definition) is 5. The highest BCUT2D eigenvalue weighted by molar-refractivity contribution is 5.95. The van der Waals surface area contributed by atoms with Gasteiger partial charge in [0.25, 0.3) is 0 Å². The molecule has 3 heterocycles. The zero-order valence-corrected chi connectivity index (χ0v) is 17.2. The van der Waals surface area contributed by atoms with Crippen LogP contribution >= 0.6 is 0 Å². The number of para-hydroxylation sites is 2. The van der Waals surface area contributed by atoms with Gasteiger partial charge in [-0.3, -0.25) is 4.57 Å². The van der Waals surface area contributed by atoms with Gasteiger partial charge in [-0.15, -0.1) is 5.10 Å². The number of aromatic nitrogens is 5. The maximum atomic E-state index is 5.59. The van der Waals surface area contributed by atoms with Crippen molar-refractivity contribution in [2.75, 3.05) is 14.2 Å². The fourth-order valence-electron chi connectivity index (χ4n) is 3.83. The Morgan fingerprint density at radius 1 is 0.867 bits per heavy atom. The zero-order chi connectivity index (χ0) is 20.8. The molecule has 3 aromatic heterocycles. The Hall–Kier alpha value is -3.87. The maximum absolute atomic E-state index is 5.59. The van der Waals surface area contributed by atoms with Crippen LogP contribution in [-0.2, 0) is 0 Å². The van der Waals surface area contributed by atoms with Crippen molar-refractivity contribution >= 4 is 16.7 Å². The minimum atomic E-state index is 0.647. The number of rotatable bonds is 4. The molecule has 0 unspecified atom stereocenters. The number of fused-ring (bicyclic) bond motifs is 3. The number of methoxy groups -OCH3 is 2. The first-order chi connectivity index (χ1) is 14.6. The summed E-state index contributed by atoms with van der Waals surface area (Å²) < 4.78 is 14.7. The molecule has 0 aliphatic rings. The first kappa shape index (κ1) is 18.2. The molecule has 5 aromatic rings. The van der Waals surface area contributed by atoms with Gasteiger partial charge in [-0.1, -0.05) is 12.1 Å². The molecule has 0 spiro atoms. The fraction of sp³-hybridized carbons (Fsp3) is 0.174. The van der Waals surface area contributed by atoms with E-state index in [9.17, 15) is 0 Å². The van der Waals surface area contributed by atoms with Crippen LogP contribution in [0.15, 0.2) is 54.9 Å². The molecule has 0 atom stereocenters. The quantitative estimate of drug-likeness (QED) is 0.449. The maximum Gasteiger partial charge on any atom is 0.182 e. The van der Waals surface area contributed by atoms with Crippen molar-refractivity contribution in [3.05, 3.63) is 66.1 Å². The van der Waals surface area contributed by atoms with Crippen LogP contribution in [0.5, 0.6) is 11.5 Å². The van der Waals surface area contributed by atoms with E-state index in [0.29, 0.717) is 5.82 Å². The predicted molar refractivity (Wildman–Crippen MR) is 116 cm³/mol. The summed E-state index contributed by atoms with van der Waals surface area (Å²) in [5.74, 6) is 2.24. The predicted octanol–water partition coefficient (Wildman–Crippen LogP) is 4.37. The van der Waals surface area contributed by atoms with Crippen molar-refractivity contribution in [3.8, 4) is 28.6 Å². The Morgan fingerprint density at radius 3 is 2.37 bits per heavy atom. The van der Waals surface area contributed by atoms with Crippen molar-refractivity contribution in [3.63, 3.8) is 0 Å². The first-order valence-corrected chi connectivity index (χ1v) is 9.63. The smallest absolute Gasteiger partial charge is 0.182 e. The number of nitrogens with zero attached hydrogens (tertiary/aromatic N) is 5. The van der Waals surface area contributed by atoms with Crippen molar-refractivity contribution in [1.82, 2.24) is 24.1 Å². The number of aryl methyl sites for hydroxylation is 1. The Bertz CT molecular complexity index is 1380. The summed E-state index contributed by atoms with van der Waals surface area (Å²) in [4.78, 5) is 9.57. The largest absolute Gasteiger partial charge is 0.497 e. The van der Waals surface area contributed by atoms with E-state index >= 15 is 0 Å². The lowest BCUT2D eigenvalue weighted by atomic mass is 10.2. The summed E-state index contributed by atoms with van der Waals surface area (Å²) in [7, 11) is 3.33. The van der Waals surface area contributed by atoms with Crippen molar-refractivity contribution in [1.29, 1.82) is 0 Å². The third-order valence-electron chi connectivity index (χ3n) is 5.51. The average molecular weight is 399 g/mol. The SMILES string of the molecule is COc1ccc(-c2nc3c4c(C)c(C)n(-c5ccccc5OC)c4ncn3n2)cc1. The lowest BCUT2D eigenvalue weighted by Crippen LogP contribution is -2.01. The van der Waals surface area contributed by atoms with Gasteiger partial charge in [0.2, 0.25) is 0 Å². The van der Waals surface area contributed by atoms with Gasteiger partial charge in [0.15, 0.2) is 17.1 Å². The highest BCUT2D eigenvalue weighted by Gasteiger charge is 2.20. The van der Waals surface area contributed by atoms with Gasteiger partial charge < -0.3 is 9.47 Å². The number of benzene rings is 2. The first-order valence-electron chi connectivity index (χ1n) is 9.63. The molecule has 150 valence electrons. The topological polar surface area (TPSA) is 66.5 Å². The van der Waals surface area contributed by atoms with Crippen LogP contribution in [-0.4, -0.2) is 38.4 Å². The van der Waals surface area contributed by atoms with Crippen LogP contribution in [0, 0.1) is 13.8 Å². The molecule has 0 saturated carbocycles. The number of ether oxygens (including phenoxy) is 2. The van der Waals surface area contributed by atoms with Gasteiger partial charge in [-0.05, 0) is 55.8 Å². The van der Waals surface area contributed by atoms with E-state index in [1.165, 1.54) is 0 Å². The molecular weight excluding hydrogens is 378 g/mol. The van der Waals surface area contributed by atoms with Gasteiger partial charge >= 0.3 is 0 Å². The molecule has 7 heteroatoms. The van der Waals surface area contributed by atoms with Gasteiger partial charge in [0.05, 0.1) is 25.3 Å². The molecule has 5 rings (SSSR count). The van der Waals surface area contributed by atoms with Gasteiger partial charge in [0, 0.05) is 11.3 Å². The molecule has 0 fully saturated rings. The van der Waals surface area contributed by atoms with Gasteiger partial charge in [-0.2, -0.15) is 0 Å².